The van der Waals surface area contributed by atoms with Crippen molar-refractivity contribution in [3.8, 4) is 16.2 Å². The molecule has 0 bridgehead atoms. The Morgan fingerprint density at radius 2 is 2.00 bits per heavy atom. The summed E-state index contributed by atoms with van der Waals surface area (Å²) in [6.07, 6.45) is -2.53. The monoisotopic (exact) mass is 514 g/mol. The molecule has 14 heteroatoms. The zero-order valence-corrected chi connectivity index (χ0v) is 19.0. The Kier molecular flexibility index (Phi) is 6.00. The lowest BCUT2D eigenvalue weighted by Crippen LogP contribution is -2.36. The van der Waals surface area contributed by atoms with Gasteiger partial charge >= 0.3 is 12.1 Å². The molecule has 1 aromatic carbocycles. The van der Waals surface area contributed by atoms with Crippen LogP contribution in [0.4, 0.5) is 18.3 Å². The Morgan fingerprint density at radius 1 is 1.26 bits per heavy atom. The molecule has 0 saturated heterocycles. The number of anilines is 1. The van der Waals surface area contributed by atoms with Crippen molar-refractivity contribution in [1.29, 1.82) is 0 Å². The van der Waals surface area contributed by atoms with E-state index >= 15 is 0 Å². The highest BCUT2D eigenvalue weighted by atomic mass is 35.5. The van der Waals surface area contributed by atoms with Gasteiger partial charge in [0.05, 0.1) is 22.6 Å². The number of ether oxygens (including phenoxy) is 1. The third kappa shape index (κ3) is 4.56. The number of rotatable bonds is 5. The van der Waals surface area contributed by atoms with Gasteiger partial charge in [-0.05, 0) is 17.7 Å². The average molecular weight is 515 g/mol. The van der Waals surface area contributed by atoms with Gasteiger partial charge < -0.3 is 14.5 Å². The van der Waals surface area contributed by atoms with Crippen LogP contribution in [-0.4, -0.2) is 26.4 Å². The zero-order chi connectivity index (χ0) is 24.8. The summed E-state index contributed by atoms with van der Waals surface area (Å²) in [5.41, 5.74) is -0.471. The fraction of sp³-hybridized carbons (Fsp3) is 0.200. The summed E-state index contributed by atoms with van der Waals surface area (Å²) >= 11 is 6.78. The van der Waals surface area contributed by atoms with Gasteiger partial charge in [0.25, 0.3) is 5.56 Å². The van der Waals surface area contributed by atoms with Crippen LogP contribution in [0.15, 0.2) is 44.7 Å². The molecule has 0 saturated carbocycles. The summed E-state index contributed by atoms with van der Waals surface area (Å²) in [6, 6.07) is 3.86. The van der Waals surface area contributed by atoms with Gasteiger partial charge in [0.2, 0.25) is 11.6 Å². The summed E-state index contributed by atoms with van der Waals surface area (Å²) in [7, 11) is 2.76. The zero-order valence-electron chi connectivity index (χ0n) is 17.4. The minimum atomic E-state index is -4.90. The molecule has 4 aromatic rings. The molecular formula is C20H14ClF3N4O5S. The molecule has 0 aliphatic heterocycles. The predicted molar refractivity (Wildman–Crippen MR) is 118 cm³/mol. The summed E-state index contributed by atoms with van der Waals surface area (Å²) < 4.78 is 49.0. The van der Waals surface area contributed by atoms with Crippen molar-refractivity contribution >= 4 is 45.1 Å². The molecule has 9 nitrogen and oxygen atoms in total. The van der Waals surface area contributed by atoms with Crippen LogP contribution in [-0.2, 0) is 25.3 Å². The number of alkyl halides is 3. The Morgan fingerprint density at radius 3 is 2.71 bits per heavy atom. The van der Waals surface area contributed by atoms with Crippen LogP contribution in [0.3, 0.4) is 0 Å². The minimum absolute atomic E-state index is 0.0482. The van der Waals surface area contributed by atoms with Crippen LogP contribution < -0.4 is 21.3 Å². The number of hydrogen-bond donors (Lipinski definition) is 1. The molecule has 0 aliphatic rings. The highest BCUT2D eigenvalue weighted by Crippen LogP contribution is 2.36. The number of halogens is 4. The molecule has 0 spiro atoms. The average Bonchev–Trinajstić information content (AvgIpc) is 3.38. The first-order valence-electron chi connectivity index (χ1n) is 9.42. The van der Waals surface area contributed by atoms with E-state index in [1.54, 1.807) is 0 Å². The number of aromatic nitrogens is 3. The van der Waals surface area contributed by atoms with Crippen LogP contribution in [0, 0.1) is 0 Å². The SMILES string of the molecule is Cn1c(=O)c2c(CC(=O)Nc3ncc(-c4ccc(Cl)c(OC(F)(F)F)c4)s3)coc2n(C)c1=O. The first-order chi connectivity index (χ1) is 15.9. The second-order valence-electron chi connectivity index (χ2n) is 7.09. The van der Waals surface area contributed by atoms with E-state index in [2.05, 4.69) is 15.0 Å². The fourth-order valence-corrected chi connectivity index (χ4v) is 4.20. The van der Waals surface area contributed by atoms with E-state index in [0.29, 0.717) is 10.4 Å². The maximum atomic E-state index is 12.6. The Labute approximate surface area is 197 Å². The van der Waals surface area contributed by atoms with Gasteiger partial charge in [-0.1, -0.05) is 29.0 Å². The molecular weight excluding hydrogens is 501 g/mol. The third-order valence-electron chi connectivity index (χ3n) is 4.79. The topological polar surface area (TPSA) is 108 Å². The summed E-state index contributed by atoms with van der Waals surface area (Å²) in [6.45, 7) is 0. The molecule has 0 fully saturated rings. The van der Waals surface area contributed by atoms with Crippen LogP contribution >= 0.6 is 22.9 Å². The molecule has 178 valence electrons. The van der Waals surface area contributed by atoms with Crippen molar-refractivity contribution < 1.29 is 27.1 Å². The van der Waals surface area contributed by atoms with Gasteiger partial charge in [0.15, 0.2) is 5.13 Å². The van der Waals surface area contributed by atoms with Crippen molar-refractivity contribution in [1.82, 2.24) is 14.1 Å². The predicted octanol–water partition coefficient (Wildman–Crippen LogP) is 3.69. The van der Waals surface area contributed by atoms with E-state index in [0.717, 1.165) is 26.5 Å². The molecule has 0 atom stereocenters. The second kappa shape index (κ2) is 8.65. The van der Waals surface area contributed by atoms with E-state index in [-0.39, 0.29) is 33.2 Å². The van der Waals surface area contributed by atoms with Crippen molar-refractivity contribution in [2.75, 3.05) is 5.32 Å². The van der Waals surface area contributed by atoms with E-state index < -0.39 is 29.3 Å². The highest BCUT2D eigenvalue weighted by Gasteiger charge is 2.32. The van der Waals surface area contributed by atoms with Crippen molar-refractivity contribution in [3.63, 3.8) is 0 Å². The van der Waals surface area contributed by atoms with Gasteiger partial charge in [-0.2, -0.15) is 0 Å². The summed E-state index contributed by atoms with van der Waals surface area (Å²) in [4.78, 5) is 41.6. The number of nitrogens with one attached hydrogen (secondary N) is 1. The fourth-order valence-electron chi connectivity index (χ4n) is 3.22. The number of thiazole rings is 1. The molecule has 3 aromatic heterocycles. The number of carbonyl (C=O) groups excluding carboxylic acids is 1. The maximum absolute atomic E-state index is 12.6. The number of amides is 1. The molecule has 3 heterocycles. The maximum Gasteiger partial charge on any atom is 0.573 e. The number of carbonyl (C=O) groups is 1. The number of nitrogens with zero attached hydrogens (tertiary/aromatic N) is 3. The first-order valence-corrected chi connectivity index (χ1v) is 10.6. The molecule has 4 rings (SSSR count). The van der Waals surface area contributed by atoms with Crippen LogP contribution in [0.2, 0.25) is 5.02 Å². The van der Waals surface area contributed by atoms with Gasteiger partial charge in [0, 0.05) is 25.9 Å². The summed E-state index contributed by atoms with van der Waals surface area (Å²) in [5, 5.41) is 2.65. The number of hydrogen-bond acceptors (Lipinski definition) is 7. The van der Waals surface area contributed by atoms with Gasteiger partial charge in [-0.15, -0.1) is 13.2 Å². The normalized spacial score (nSPS) is 11.7. The lowest BCUT2D eigenvalue weighted by Gasteiger charge is -2.11. The van der Waals surface area contributed by atoms with Crippen molar-refractivity contribution in [2.24, 2.45) is 14.1 Å². The summed E-state index contributed by atoms with van der Waals surface area (Å²) in [5.74, 6) is -1.08. The Balaban J connectivity index is 1.54. The smallest absolute Gasteiger partial charge is 0.447 e. The lowest BCUT2D eigenvalue weighted by molar-refractivity contribution is -0.274. The highest BCUT2D eigenvalue weighted by molar-refractivity contribution is 7.19. The van der Waals surface area contributed by atoms with E-state index in [4.69, 9.17) is 16.0 Å². The van der Waals surface area contributed by atoms with E-state index in [9.17, 15) is 27.6 Å². The Bertz CT molecular complexity index is 1540. The molecule has 0 radical (unpaired) electrons. The molecule has 34 heavy (non-hydrogen) atoms. The minimum Gasteiger partial charge on any atom is -0.447 e. The van der Waals surface area contributed by atoms with Gasteiger partial charge in [0.1, 0.15) is 11.1 Å². The standard InChI is InChI=1S/C20H14ClF3N4O5S/c1-27-16(30)15-10(8-32-17(15)28(2)19(27)31)6-14(29)26-18-25-7-13(34-18)9-3-4-11(21)12(5-9)33-20(22,23)24/h3-5,7-8H,6H2,1-2H3,(H,25,26,29). The second-order valence-corrected chi connectivity index (χ2v) is 8.53. The van der Waals surface area contributed by atoms with Crippen molar-refractivity contribution in [3.05, 3.63) is 62.1 Å². The number of fused-ring (bicyclic) bond motifs is 1. The third-order valence-corrected chi connectivity index (χ3v) is 6.06. The van der Waals surface area contributed by atoms with Crippen molar-refractivity contribution in [2.45, 2.75) is 12.8 Å². The quantitative estimate of drug-likeness (QED) is 0.435. The molecule has 0 aliphatic carbocycles. The largest absolute Gasteiger partial charge is 0.573 e. The van der Waals surface area contributed by atoms with Crippen LogP contribution in [0.5, 0.6) is 5.75 Å². The van der Waals surface area contributed by atoms with E-state index in [1.807, 2.05) is 0 Å². The molecule has 1 N–H and O–H groups in total. The molecule has 1 amide bonds. The van der Waals surface area contributed by atoms with E-state index in [1.165, 1.54) is 38.7 Å². The number of furan rings is 1. The van der Waals surface area contributed by atoms with Gasteiger partial charge in [-0.25, -0.2) is 9.78 Å². The number of aryl methyl sites for hydroxylation is 1. The first kappa shape index (κ1) is 23.6. The molecule has 0 unspecified atom stereocenters. The Hall–Kier alpha value is -3.58. The lowest BCUT2D eigenvalue weighted by atomic mass is 10.1. The van der Waals surface area contributed by atoms with Gasteiger partial charge in [-0.3, -0.25) is 18.7 Å². The number of benzene rings is 1. The van der Waals surface area contributed by atoms with Crippen LogP contribution in [0.25, 0.3) is 21.5 Å². The van der Waals surface area contributed by atoms with Crippen LogP contribution in [0.1, 0.15) is 5.56 Å².